The van der Waals surface area contributed by atoms with Crippen LogP contribution in [-0.4, -0.2) is 4.98 Å². The molecule has 0 spiro atoms. The average molecular weight is 245 g/mol. The van der Waals surface area contributed by atoms with E-state index in [2.05, 4.69) is 17.1 Å². The summed E-state index contributed by atoms with van der Waals surface area (Å²) in [5.41, 5.74) is 6.79. The lowest BCUT2D eigenvalue weighted by Gasteiger charge is -2.07. The highest BCUT2D eigenvalue weighted by Crippen LogP contribution is 2.19. The molecule has 0 amide bonds. The normalized spacial score (nSPS) is 11.3. The predicted molar refractivity (Wildman–Crippen MR) is 68.8 cm³/mol. The molecule has 1 atom stereocenters. The van der Waals surface area contributed by atoms with Crippen molar-refractivity contribution in [2.75, 3.05) is 0 Å². The minimum Gasteiger partial charge on any atom is -0.323 e. The van der Waals surface area contributed by atoms with Crippen molar-refractivity contribution in [3.63, 3.8) is 0 Å². The number of halogens is 2. The standard InChI is InChI=1S/C11H12N2.2ClH/c1-8(12)11-10-5-3-2-4-9(10)6-7-13-11;;/h2-8H,12H2,1H3;2*1H/t8-;;/m1../s1. The van der Waals surface area contributed by atoms with Crippen LogP contribution in [-0.2, 0) is 0 Å². The van der Waals surface area contributed by atoms with Gasteiger partial charge in [0.15, 0.2) is 0 Å². The smallest absolute Gasteiger partial charge is 0.0646 e. The topological polar surface area (TPSA) is 38.9 Å². The van der Waals surface area contributed by atoms with Gasteiger partial charge in [-0.2, -0.15) is 0 Å². The van der Waals surface area contributed by atoms with Crippen molar-refractivity contribution in [3.05, 3.63) is 42.2 Å². The van der Waals surface area contributed by atoms with E-state index in [1.54, 1.807) is 6.20 Å². The van der Waals surface area contributed by atoms with Gasteiger partial charge in [0.25, 0.3) is 0 Å². The zero-order valence-electron chi connectivity index (χ0n) is 8.38. The van der Waals surface area contributed by atoms with E-state index in [0.717, 1.165) is 11.1 Å². The molecular formula is C11H14Cl2N2. The maximum Gasteiger partial charge on any atom is 0.0646 e. The third kappa shape index (κ3) is 2.81. The first-order chi connectivity index (χ1) is 6.29. The van der Waals surface area contributed by atoms with Crippen LogP contribution >= 0.6 is 24.8 Å². The van der Waals surface area contributed by atoms with Crippen LogP contribution in [0.25, 0.3) is 10.8 Å². The predicted octanol–water partition coefficient (Wildman–Crippen LogP) is 3.10. The fraction of sp³-hybridized carbons (Fsp3) is 0.182. The summed E-state index contributed by atoms with van der Waals surface area (Å²) in [4.78, 5) is 4.28. The monoisotopic (exact) mass is 244 g/mol. The van der Waals surface area contributed by atoms with E-state index in [9.17, 15) is 0 Å². The highest BCUT2D eigenvalue weighted by Gasteiger charge is 2.04. The van der Waals surface area contributed by atoms with Crippen molar-refractivity contribution in [2.24, 2.45) is 5.73 Å². The summed E-state index contributed by atoms with van der Waals surface area (Å²) < 4.78 is 0. The maximum atomic E-state index is 5.82. The molecule has 0 bridgehead atoms. The zero-order chi connectivity index (χ0) is 9.26. The molecule has 0 unspecified atom stereocenters. The van der Waals surface area contributed by atoms with E-state index < -0.39 is 0 Å². The molecule has 0 aliphatic heterocycles. The number of pyridine rings is 1. The first-order valence-corrected chi connectivity index (χ1v) is 4.38. The van der Waals surface area contributed by atoms with Gasteiger partial charge < -0.3 is 5.73 Å². The van der Waals surface area contributed by atoms with E-state index in [4.69, 9.17) is 5.73 Å². The molecule has 2 N–H and O–H groups in total. The van der Waals surface area contributed by atoms with Gasteiger partial charge in [0, 0.05) is 17.6 Å². The molecule has 1 aromatic heterocycles. The largest absolute Gasteiger partial charge is 0.323 e. The van der Waals surface area contributed by atoms with Crippen molar-refractivity contribution < 1.29 is 0 Å². The van der Waals surface area contributed by atoms with Gasteiger partial charge in [-0.3, -0.25) is 4.98 Å². The van der Waals surface area contributed by atoms with E-state index in [1.807, 2.05) is 25.1 Å². The quantitative estimate of drug-likeness (QED) is 0.838. The Morgan fingerprint density at radius 2 is 1.80 bits per heavy atom. The summed E-state index contributed by atoms with van der Waals surface area (Å²) >= 11 is 0. The van der Waals surface area contributed by atoms with Crippen LogP contribution in [0, 0.1) is 0 Å². The Balaban J connectivity index is 0.000000980. The summed E-state index contributed by atoms with van der Waals surface area (Å²) in [6.07, 6.45) is 1.81. The molecule has 2 aromatic rings. The van der Waals surface area contributed by atoms with E-state index in [1.165, 1.54) is 5.39 Å². The van der Waals surface area contributed by atoms with E-state index in [-0.39, 0.29) is 30.9 Å². The molecule has 1 aromatic carbocycles. The van der Waals surface area contributed by atoms with Crippen molar-refractivity contribution in [2.45, 2.75) is 13.0 Å². The minimum absolute atomic E-state index is 0. The van der Waals surface area contributed by atoms with Crippen LogP contribution in [0.1, 0.15) is 18.7 Å². The van der Waals surface area contributed by atoms with E-state index >= 15 is 0 Å². The van der Waals surface area contributed by atoms with Crippen molar-refractivity contribution in [3.8, 4) is 0 Å². The number of nitrogens with two attached hydrogens (primary N) is 1. The average Bonchev–Trinajstić information content (AvgIpc) is 2.17. The second-order valence-electron chi connectivity index (χ2n) is 3.21. The van der Waals surface area contributed by atoms with E-state index in [0.29, 0.717) is 0 Å². The molecule has 2 rings (SSSR count). The molecule has 2 nitrogen and oxygen atoms in total. The summed E-state index contributed by atoms with van der Waals surface area (Å²) in [5, 5.41) is 2.35. The molecule has 0 aliphatic rings. The number of fused-ring (bicyclic) bond motifs is 1. The Morgan fingerprint density at radius 1 is 1.13 bits per heavy atom. The summed E-state index contributed by atoms with van der Waals surface area (Å²) in [6, 6.07) is 10.2. The van der Waals surface area contributed by atoms with Gasteiger partial charge in [-0.1, -0.05) is 24.3 Å². The molecular weight excluding hydrogens is 231 g/mol. The van der Waals surface area contributed by atoms with Gasteiger partial charge in [-0.25, -0.2) is 0 Å². The SMILES string of the molecule is C[C@@H](N)c1nccc2ccccc12.Cl.Cl. The number of hydrogen-bond acceptors (Lipinski definition) is 2. The highest BCUT2D eigenvalue weighted by atomic mass is 35.5. The summed E-state index contributed by atoms with van der Waals surface area (Å²) in [6.45, 7) is 1.95. The van der Waals surface area contributed by atoms with Crippen LogP contribution in [0.3, 0.4) is 0 Å². The second-order valence-corrected chi connectivity index (χ2v) is 3.21. The Labute approximate surface area is 102 Å². The first-order valence-electron chi connectivity index (χ1n) is 4.38. The second kappa shape index (κ2) is 5.91. The van der Waals surface area contributed by atoms with Crippen LogP contribution in [0.5, 0.6) is 0 Å². The fourth-order valence-corrected chi connectivity index (χ4v) is 1.51. The number of nitrogens with zero attached hydrogens (tertiary/aromatic N) is 1. The molecule has 0 aliphatic carbocycles. The fourth-order valence-electron chi connectivity index (χ4n) is 1.51. The van der Waals surface area contributed by atoms with Crippen LogP contribution in [0.4, 0.5) is 0 Å². The molecule has 4 heteroatoms. The molecule has 0 fully saturated rings. The maximum absolute atomic E-state index is 5.82. The third-order valence-electron chi connectivity index (χ3n) is 2.14. The van der Waals surface area contributed by atoms with Gasteiger partial charge in [0.1, 0.15) is 0 Å². The van der Waals surface area contributed by atoms with Gasteiger partial charge in [0.2, 0.25) is 0 Å². The molecule has 0 radical (unpaired) electrons. The summed E-state index contributed by atoms with van der Waals surface area (Å²) in [7, 11) is 0. The minimum atomic E-state index is -0.00824. The zero-order valence-corrected chi connectivity index (χ0v) is 10.0. The van der Waals surface area contributed by atoms with Gasteiger partial charge in [-0.15, -0.1) is 24.8 Å². The first kappa shape index (κ1) is 14.2. The lowest BCUT2D eigenvalue weighted by atomic mass is 10.1. The number of benzene rings is 1. The van der Waals surface area contributed by atoms with Gasteiger partial charge >= 0.3 is 0 Å². The van der Waals surface area contributed by atoms with Crippen LogP contribution < -0.4 is 5.73 Å². The number of rotatable bonds is 1. The van der Waals surface area contributed by atoms with Crippen LogP contribution in [0.15, 0.2) is 36.5 Å². The van der Waals surface area contributed by atoms with Crippen molar-refractivity contribution >= 4 is 35.6 Å². The Morgan fingerprint density at radius 3 is 2.47 bits per heavy atom. The molecule has 0 saturated heterocycles. The summed E-state index contributed by atoms with van der Waals surface area (Å²) in [5.74, 6) is 0. The number of aromatic nitrogens is 1. The van der Waals surface area contributed by atoms with Crippen molar-refractivity contribution in [1.82, 2.24) is 4.98 Å². The Bertz CT molecular complexity index is 424. The molecule has 82 valence electrons. The lowest BCUT2D eigenvalue weighted by molar-refractivity contribution is 0.791. The Hall–Kier alpha value is -0.830. The lowest BCUT2D eigenvalue weighted by Crippen LogP contribution is -2.07. The van der Waals surface area contributed by atoms with Crippen molar-refractivity contribution in [1.29, 1.82) is 0 Å². The van der Waals surface area contributed by atoms with Crippen LogP contribution in [0.2, 0.25) is 0 Å². The Kier molecular flexibility index (Phi) is 5.58. The number of hydrogen-bond donors (Lipinski definition) is 1. The third-order valence-corrected chi connectivity index (χ3v) is 2.14. The molecule has 0 saturated carbocycles. The van der Waals surface area contributed by atoms with Gasteiger partial charge in [-0.05, 0) is 18.4 Å². The highest BCUT2D eigenvalue weighted by molar-refractivity contribution is 5.86. The van der Waals surface area contributed by atoms with Gasteiger partial charge in [0.05, 0.1) is 5.69 Å². The molecule has 1 heterocycles. The molecule has 15 heavy (non-hydrogen) atoms.